The molecule has 0 fully saturated rings. The van der Waals surface area contributed by atoms with Crippen LogP contribution in [0.5, 0.6) is 0 Å². The van der Waals surface area contributed by atoms with Gasteiger partial charge in [-0.25, -0.2) is 8.42 Å². The Morgan fingerprint density at radius 2 is 1.56 bits per heavy atom. The molecule has 0 unspecified atom stereocenters. The predicted molar refractivity (Wildman–Crippen MR) is 139 cm³/mol. The van der Waals surface area contributed by atoms with Crippen LogP contribution in [0.2, 0.25) is 5.02 Å². The van der Waals surface area contributed by atoms with Gasteiger partial charge in [0, 0.05) is 5.02 Å². The Morgan fingerprint density at radius 1 is 0.971 bits per heavy atom. The summed E-state index contributed by atoms with van der Waals surface area (Å²) in [4.78, 5) is 13.1. The average molecular weight is 499 g/mol. The summed E-state index contributed by atoms with van der Waals surface area (Å²) in [5, 5.41) is 3.38. The highest BCUT2D eigenvalue weighted by atomic mass is 35.5. The van der Waals surface area contributed by atoms with Crippen LogP contribution < -0.4 is 9.62 Å². The number of benzene rings is 3. The zero-order chi connectivity index (χ0) is 25.1. The van der Waals surface area contributed by atoms with E-state index in [2.05, 4.69) is 38.2 Å². The van der Waals surface area contributed by atoms with Crippen molar-refractivity contribution in [3.8, 4) is 0 Å². The van der Waals surface area contributed by atoms with Crippen LogP contribution in [-0.2, 0) is 20.2 Å². The summed E-state index contributed by atoms with van der Waals surface area (Å²) in [5.41, 5.74) is 3.39. The minimum absolute atomic E-state index is 0.0368. The zero-order valence-corrected chi connectivity index (χ0v) is 21.7. The summed E-state index contributed by atoms with van der Waals surface area (Å²) in [7, 11) is -4.00. The predicted octanol–water partition coefficient (Wildman–Crippen LogP) is 6.02. The highest BCUT2D eigenvalue weighted by Crippen LogP contribution is 2.28. The largest absolute Gasteiger partial charge is 0.348 e. The van der Waals surface area contributed by atoms with Gasteiger partial charge in [-0.3, -0.25) is 9.10 Å². The summed E-state index contributed by atoms with van der Waals surface area (Å²) in [6, 6.07) is 20.9. The molecular formula is C27H31ClN2O3S. The van der Waals surface area contributed by atoms with Gasteiger partial charge >= 0.3 is 0 Å². The molecule has 1 amide bonds. The smallest absolute Gasteiger partial charge is 0.264 e. The van der Waals surface area contributed by atoms with Gasteiger partial charge in [0.15, 0.2) is 0 Å². The fourth-order valence-corrected chi connectivity index (χ4v) is 5.26. The topological polar surface area (TPSA) is 66.5 Å². The molecule has 34 heavy (non-hydrogen) atoms. The van der Waals surface area contributed by atoms with Crippen LogP contribution in [0.25, 0.3) is 0 Å². The van der Waals surface area contributed by atoms with Crippen molar-refractivity contribution in [2.24, 2.45) is 0 Å². The van der Waals surface area contributed by atoms with Gasteiger partial charge in [0.25, 0.3) is 10.0 Å². The van der Waals surface area contributed by atoms with E-state index >= 15 is 0 Å². The van der Waals surface area contributed by atoms with Crippen LogP contribution in [-0.4, -0.2) is 20.9 Å². The summed E-state index contributed by atoms with van der Waals surface area (Å²) in [6.07, 6.45) is 0. The highest BCUT2D eigenvalue weighted by Gasteiger charge is 2.28. The van der Waals surface area contributed by atoms with E-state index in [9.17, 15) is 13.2 Å². The van der Waals surface area contributed by atoms with Gasteiger partial charge in [-0.2, -0.15) is 0 Å². The van der Waals surface area contributed by atoms with Crippen molar-refractivity contribution in [1.82, 2.24) is 5.32 Å². The van der Waals surface area contributed by atoms with Crippen LogP contribution in [0.15, 0.2) is 77.7 Å². The van der Waals surface area contributed by atoms with Gasteiger partial charge in [0.05, 0.1) is 16.6 Å². The maximum atomic E-state index is 13.5. The first kappa shape index (κ1) is 25.8. The van der Waals surface area contributed by atoms with Crippen molar-refractivity contribution in [3.63, 3.8) is 0 Å². The van der Waals surface area contributed by atoms with E-state index in [1.165, 1.54) is 29.8 Å². The molecular weight excluding hydrogens is 468 g/mol. The Bertz CT molecular complexity index is 1250. The number of nitrogens with zero attached hydrogens (tertiary/aromatic N) is 1. The quantitative estimate of drug-likeness (QED) is 0.433. The maximum Gasteiger partial charge on any atom is 0.264 e. The van der Waals surface area contributed by atoms with Gasteiger partial charge in [-0.1, -0.05) is 74.8 Å². The molecule has 0 aliphatic carbocycles. The number of carbonyl (C=O) groups is 1. The second kappa shape index (κ2) is 10.2. The molecule has 1 atom stereocenters. The number of halogens is 1. The van der Waals surface area contributed by atoms with Crippen LogP contribution in [0.4, 0.5) is 5.69 Å². The Kier molecular flexibility index (Phi) is 7.74. The molecule has 5 nitrogen and oxygen atoms in total. The Labute approximate surface area is 207 Å². The van der Waals surface area contributed by atoms with Crippen molar-refractivity contribution in [2.75, 3.05) is 10.8 Å². The fraction of sp³-hybridized carbons (Fsp3) is 0.296. The number of nitrogens with one attached hydrogen (secondary N) is 1. The zero-order valence-electron chi connectivity index (χ0n) is 20.2. The molecule has 0 saturated heterocycles. The van der Waals surface area contributed by atoms with Crippen molar-refractivity contribution in [2.45, 2.75) is 51.0 Å². The normalized spacial score (nSPS) is 12.8. The van der Waals surface area contributed by atoms with Crippen LogP contribution in [0.1, 0.15) is 50.4 Å². The lowest BCUT2D eigenvalue weighted by atomic mass is 9.86. The molecule has 3 rings (SSSR count). The minimum Gasteiger partial charge on any atom is -0.348 e. The summed E-state index contributed by atoms with van der Waals surface area (Å²) in [6.45, 7) is 9.80. The number of aryl methyl sites for hydroxylation is 1. The SMILES string of the molecule is Cc1ccccc1N(CC(=O)N[C@@H](C)c1ccc(C(C)(C)C)cc1)S(=O)(=O)c1ccc(Cl)cc1. The van der Waals surface area contributed by atoms with Crippen LogP contribution >= 0.6 is 11.6 Å². The third-order valence-electron chi connectivity index (χ3n) is 5.73. The van der Waals surface area contributed by atoms with Gasteiger partial charge in [0.2, 0.25) is 5.91 Å². The van der Waals surface area contributed by atoms with Crippen LogP contribution in [0, 0.1) is 6.92 Å². The summed E-state index contributed by atoms with van der Waals surface area (Å²) in [5.74, 6) is -0.395. The van der Waals surface area contributed by atoms with E-state index < -0.39 is 15.9 Å². The molecule has 0 radical (unpaired) electrons. The highest BCUT2D eigenvalue weighted by molar-refractivity contribution is 7.92. The minimum atomic E-state index is -4.00. The van der Waals surface area contributed by atoms with Gasteiger partial charge in [0.1, 0.15) is 6.54 Å². The number of anilines is 1. The number of sulfonamides is 1. The number of hydrogen-bond acceptors (Lipinski definition) is 3. The number of hydrogen-bond donors (Lipinski definition) is 1. The fourth-order valence-electron chi connectivity index (χ4n) is 3.65. The number of amides is 1. The Balaban J connectivity index is 1.86. The molecule has 0 bridgehead atoms. The van der Waals surface area contributed by atoms with Crippen molar-refractivity contribution < 1.29 is 13.2 Å². The molecule has 0 aromatic heterocycles. The molecule has 1 N–H and O–H groups in total. The van der Waals surface area contributed by atoms with Gasteiger partial charge < -0.3 is 5.32 Å². The first-order valence-electron chi connectivity index (χ1n) is 11.1. The third-order valence-corrected chi connectivity index (χ3v) is 7.75. The average Bonchev–Trinajstić information content (AvgIpc) is 2.78. The summed E-state index contributed by atoms with van der Waals surface area (Å²) < 4.78 is 28.2. The lowest BCUT2D eigenvalue weighted by molar-refractivity contribution is -0.120. The number of carbonyl (C=O) groups excluding carboxylic acids is 1. The van der Waals surface area contributed by atoms with E-state index in [0.29, 0.717) is 10.7 Å². The van der Waals surface area contributed by atoms with Gasteiger partial charge in [-0.15, -0.1) is 0 Å². The van der Waals surface area contributed by atoms with E-state index in [1.54, 1.807) is 12.1 Å². The molecule has 3 aromatic carbocycles. The molecule has 0 aliphatic heterocycles. The monoisotopic (exact) mass is 498 g/mol. The van der Waals surface area contributed by atoms with E-state index in [0.717, 1.165) is 15.4 Å². The number of rotatable bonds is 7. The molecule has 0 heterocycles. The first-order valence-corrected chi connectivity index (χ1v) is 12.9. The standard InChI is InChI=1S/C27H31ClN2O3S/c1-19-8-6-7-9-25(19)30(34(32,33)24-16-14-23(28)15-17-24)18-26(31)29-20(2)21-10-12-22(13-11-21)27(3,4)5/h6-17,20H,18H2,1-5H3,(H,29,31)/t20-/m0/s1. The summed E-state index contributed by atoms with van der Waals surface area (Å²) >= 11 is 5.95. The molecule has 180 valence electrons. The molecule has 0 aliphatic rings. The second-order valence-electron chi connectivity index (χ2n) is 9.41. The molecule has 3 aromatic rings. The first-order chi connectivity index (χ1) is 15.9. The lowest BCUT2D eigenvalue weighted by Gasteiger charge is -2.26. The lowest BCUT2D eigenvalue weighted by Crippen LogP contribution is -2.41. The van der Waals surface area contributed by atoms with Crippen molar-refractivity contribution in [1.29, 1.82) is 0 Å². The maximum absolute atomic E-state index is 13.5. The Morgan fingerprint density at radius 3 is 2.12 bits per heavy atom. The van der Waals surface area contributed by atoms with Gasteiger partial charge in [-0.05, 0) is 66.3 Å². The molecule has 7 heteroatoms. The van der Waals surface area contributed by atoms with Crippen molar-refractivity contribution >= 4 is 33.2 Å². The van der Waals surface area contributed by atoms with E-state index in [1.807, 2.05) is 38.1 Å². The second-order valence-corrected chi connectivity index (χ2v) is 11.7. The third kappa shape index (κ3) is 5.99. The van der Waals surface area contributed by atoms with E-state index in [-0.39, 0.29) is 22.9 Å². The van der Waals surface area contributed by atoms with Crippen molar-refractivity contribution in [3.05, 3.63) is 94.5 Å². The Hall–Kier alpha value is -2.83. The van der Waals surface area contributed by atoms with Crippen LogP contribution in [0.3, 0.4) is 0 Å². The molecule has 0 spiro atoms. The number of para-hydroxylation sites is 1. The molecule has 0 saturated carbocycles. The van der Waals surface area contributed by atoms with E-state index in [4.69, 9.17) is 11.6 Å².